The normalized spacial score (nSPS) is 6.50. The third-order valence-corrected chi connectivity index (χ3v) is 0. The molecule has 4 heavy (non-hydrogen) atoms. The molecule has 1 nitrogen and oxygen atoms in total. The molecule has 0 aliphatic carbocycles. The van der Waals surface area contributed by atoms with Crippen molar-refractivity contribution in [2.24, 2.45) is 0 Å². The van der Waals surface area contributed by atoms with Gasteiger partial charge in [0.15, 0.2) is 0 Å². The molecule has 0 radical (unpaired) electrons. The van der Waals surface area contributed by atoms with Crippen molar-refractivity contribution < 1.29 is 4.58 Å². The molecule has 0 aromatic heterocycles. The lowest BCUT2D eigenvalue weighted by Gasteiger charge is -1.79. The average molecular weight is 57.1 g/mol. The van der Waals surface area contributed by atoms with Crippen LogP contribution in [0, 0.1) is 0 Å². The lowest BCUT2D eigenvalue weighted by molar-refractivity contribution is -0.454. The second-order valence-electron chi connectivity index (χ2n) is 0.964. The monoisotopic (exact) mass is 57.1 g/mol. The lowest BCUT2D eigenvalue weighted by Crippen LogP contribution is -1.86. The van der Waals surface area contributed by atoms with Crippen molar-refractivity contribution in [2.75, 3.05) is 14.1 Å². The Hall–Kier alpha value is -0.330. The Morgan fingerprint density at radius 3 is 1.50 bits per heavy atom. The molecular weight excluding hydrogens is 50.0 g/mol. The van der Waals surface area contributed by atoms with Crippen LogP contribution in [0.15, 0.2) is 0 Å². The fourth-order valence-electron chi connectivity index (χ4n) is 0. The zero-order chi connectivity index (χ0) is 3.58. The van der Waals surface area contributed by atoms with Gasteiger partial charge in [0.05, 0.1) is 14.1 Å². The molecule has 0 unspecified atom stereocenters. The maximum atomic E-state index is 4.94. The van der Waals surface area contributed by atoms with Crippen LogP contribution in [0.4, 0.5) is 0 Å². The Bertz CT molecular complexity index is 26.3. The van der Waals surface area contributed by atoms with Crippen molar-refractivity contribution in [1.29, 1.82) is 0 Å². The second kappa shape index (κ2) is 1.04. The van der Waals surface area contributed by atoms with Gasteiger partial charge in [-0.3, -0.25) is 0 Å². The van der Waals surface area contributed by atoms with Crippen molar-refractivity contribution in [3.63, 3.8) is 0 Å². The van der Waals surface area contributed by atoms with Gasteiger partial charge >= 0.3 is 0 Å². The molecule has 0 aromatic carbocycles. The number of rotatable bonds is 0. The topological polar surface area (TPSA) is 3.01 Å². The van der Waals surface area contributed by atoms with E-state index in [0.717, 1.165) is 0 Å². The summed E-state index contributed by atoms with van der Waals surface area (Å²) < 4.78 is 1.50. The van der Waals surface area contributed by atoms with E-state index in [1.807, 2.05) is 0 Å². The molecule has 0 atom stereocenters. The van der Waals surface area contributed by atoms with Gasteiger partial charge < -0.3 is 4.58 Å². The fraction of sp³-hybridized carbons (Fsp3) is 0.667. The van der Waals surface area contributed by atoms with Crippen LogP contribution in [0.3, 0.4) is 0 Å². The standard InChI is InChI=1S/C3H7N/c1-4(2)3/h1H,2-3H3. The minimum atomic E-state index is 1.50. The molecule has 0 aromatic rings. The lowest BCUT2D eigenvalue weighted by atomic mass is 11.1. The van der Waals surface area contributed by atoms with Gasteiger partial charge in [-0.2, -0.15) is 0 Å². The van der Waals surface area contributed by atoms with E-state index in [1.165, 1.54) is 4.58 Å². The highest BCUT2D eigenvalue weighted by atomic mass is 14.9. The van der Waals surface area contributed by atoms with E-state index < -0.39 is 0 Å². The first-order valence-corrected chi connectivity index (χ1v) is 1.15. The van der Waals surface area contributed by atoms with Crippen molar-refractivity contribution >= 4 is 6.72 Å². The van der Waals surface area contributed by atoms with E-state index in [9.17, 15) is 0 Å². The van der Waals surface area contributed by atoms with Crippen LogP contribution in [0.2, 0.25) is 0 Å². The molecule has 0 rings (SSSR count). The highest BCUT2D eigenvalue weighted by Gasteiger charge is 1.41. The van der Waals surface area contributed by atoms with Gasteiger partial charge in [0.2, 0.25) is 0 Å². The predicted octanol–water partition coefficient (Wildman–Crippen LogP) is -0.164. The molecule has 0 amide bonds. The maximum Gasteiger partial charge on any atom is 0.0999 e. The summed E-state index contributed by atoms with van der Waals surface area (Å²) in [6.45, 7) is 4.94. The maximum absolute atomic E-state index is 4.94. The third-order valence-electron chi connectivity index (χ3n) is 0. The van der Waals surface area contributed by atoms with Crippen LogP contribution in [0.1, 0.15) is 0 Å². The highest BCUT2D eigenvalue weighted by molar-refractivity contribution is 5.13. The molecule has 0 saturated carbocycles. The van der Waals surface area contributed by atoms with E-state index in [2.05, 4.69) is 0 Å². The van der Waals surface area contributed by atoms with Crippen molar-refractivity contribution in [3.05, 3.63) is 0 Å². The van der Waals surface area contributed by atoms with Crippen molar-refractivity contribution in [3.8, 4) is 0 Å². The molecule has 1 heteroatoms. The SMILES string of the molecule is [CH-]=[N+](C)C. The molecule has 0 heterocycles. The van der Waals surface area contributed by atoms with Crippen LogP contribution >= 0.6 is 0 Å². The Kier molecular flexibility index (Phi) is 0.958. The second-order valence-corrected chi connectivity index (χ2v) is 0.964. The molecule has 0 fully saturated rings. The Morgan fingerprint density at radius 2 is 1.50 bits per heavy atom. The van der Waals surface area contributed by atoms with Crippen LogP contribution in [0.25, 0.3) is 0 Å². The molecule has 0 aliphatic heterocycles. The molecule has 0 saturated heterocycles. The summed E-state index contributed by atoms with van der Waals surface area (Å²) in [6.07, 6.45) is 0. The third kappa shape index (κ3) is 6.88. The van der Waals surface area contributed by atoms with E-state index >= 15 is 0 Å². The Labute approximate surface area is 26.6 Å². The summed E-state index contributed by atoms with van der Waals surface area (Å²) in [6, 6.07) is 0. The van der Waals surface area contributed by atoms with Crippen LogP contribution in [-0.4, -0.2) is 25.4 Å². The van der Waals surface area contributed by atoms with Crippen LogP contribution < -0.4 is 0 Å². The minimum Gasteiger partial charge on any atom is -0.421 e. The summed E-state index contributed by atoms with van der Waals surface area (Å²) in [5.41, 5.74) is 0. The summed E-state index contributed by atoms with van der Waals surface area (Å²) in [4.78, 5) is 0. The Morgan fingerprint density at radius 1 is 1.50 bits per heavy atom. The fourth-order valence-corrected chi connectivity index (χ4v) is 0. The largest absolute Gasteiger partial charge is 0.421 e. The average Bonchev–Trinajstić information content (AvgIpc) is 0.811. The van der Waals surface area contributed by atoms with Gasteiger partial charge in [-0.05, 0) is 0 Å². The van der Waals surface area contributed by atoms with Crippen LogP contribution in [-0.2, 0) is 0 Å². The van der Waals surface area contributed by atoms with Gasteiger partial charge in [-0.15, -0.1) is 0 Å². The quantitative estimate of drug-likeness (QED) is 0.206. The summed E-state index contributed by atoms with van der Waals surface area (Å²) in [7, 11) is 3.56. The first kappa shape index (κ1) is 3.67. The van der Waals surface area contributed by atoms with Gasteiger partial charge in [0.1, 0.15) is 0 Å². The van der Waals surface area contributed by atoms with Crippen molar-refractivity contribution in [1.82, 2.24) is 0 Å². The van der Waals surface area contributed by atoms with Crippen LogP contribution in [0.5, 0.6) is 0 Å². The first-order chi connectivity index (χ1) is 1.73. The summed E-state index contributed by atoms with van der Waals surface area (Å²) >= 11 is 0. The van der Waals surface area contributed by atoms with Crippen molar-refractivity contribution in [2.45, 2.75) is 0 Å². The van der Waals surface area contributed by atoms with Gasteiger partial charge in [0, 0.05) is 0 Å². The van der Waals surface area contributed by atoms with E-state index in [-0.39, 0.29) is 0 Å². The molecule has 24 valence electrons. The number of hydrogen-bond acceptors (Lipinski definition) is 0. The molecule has 0 bridgehead atoms. The molecule has 0 N–H and O–H groups in total. The molecule has 0 spiro atoms. The highest BCUT2D eigenvalue weighted by Crippen LogP contribution is 1.30. The summed E-state index contributed by atoms with van der Waals surface area (Å²) in [5.74, 6) is 0. The van der Waals surface area contributed by atoms with E-state index in [0.29, 0.717) is 0 Å². The first-order valence-electron chi connectivity index (χ1n) is 1.15. The smallest absolute Gasteiger partial charge is 0.0999 e. The van der Waals surface area contributed by atoms with Gasteiger partial charge in [-0.25, -0.2) is 6.72 Å². The van der Waals surface area contributed by atoms with E-state index in [4.69, 9.17) is 6.72 Å². The Balaban J connectivity index is 2.80. The molecular formula is C3H7N. The predicted molar refractivity (Wildman–Crippen MR) is 18.2 cm³/mol. The minimum absolute atomic E-state index is 1.50. The zero-order valence-corrected chi connectivity index (χ0v) is 3.02. The van der Waals surface area contributed by atoms with Gasteiger partial charge in [0.25, 0.3) is 0 Å². The molecule has 0 aliphatic rings. The zero-order valence-electron chi connectivity index (χ0n) is 3.02. The van der Waals surface area contributed by atoms with E-state index in [1.54, 1.807) is 14.1 Å². The summed E-state index contributed by atoms with van der Waals surface area (Å²) in [5, 5.41) is 0. The number of hydrogen-bond donors (Lipinski definition) is 0. The van der Waals surface area contributed by atoms with Gasteiger partial charge in [-0.1, -0.05) is 0 Å². The number of nitrogens with zero attached hydrogens (tertiary/aromatic N) is 1.